The number of aromatic hydroxyl groups is 1. The highest BCUT2D eigenvalue weighted by Crippen LogP contribution is 2.43. The zero-order chi connectivity index (χ0) is 20.1. The first-order valence-electron chi connectivity index (χ1n) is 9.03. The van der Waals surface area contributed by atoms with E-state index in [1.54, 1.807) is 12.1 Å². The normalized spacial score (nSPS) is 12.7. The molecule has 2 heterocycles. The zero-order valence-electron chi connectivity index (χ0n) is 15.0. The van der Waals surface area contributed by atoms with Crippen molar-refractivity contribution in [2.75, 3.05) is 0 Å². The van der Waals surface area contributed by atoms with E-state index in [1.807, 2.05) is 36.7 Å². The molecule has 0 aliphatic carbocycles. The van der Waals surface area contributed by atoms with Crippen molar-refractivity contribution >= 4 is 65.3 Å². The highest BCUT2D eigenvalue weighted by molar-refractivity contribution is 9.10. The van der Waals surface area contributed by atoms with Gasteiger partial charge in [-0.05, 0) is 59.7 Å². The van der Waals surface area contributed by atoms with Crippen molar-refractivity contribution in [1.82, 2.24) is 9.97 Å². The quantitative estimate of drug-likeness (QED) is 0.220. The molecule has 0 saturated heterocycles. The van der Waals surface area contributed by atoms with Gasteiger partial charge in [-0.15, -0.1) is 0 Å². The fourth-order valence-electron chi connectivity index (χ4n) is 3.97. The van der Waals surface area contributed by atoms with Crippen LogP contribution in [0.15, 0.2) is 75.9 Å². The molecule has 2 aromatic heterocycles. The Bertz CT molecular complexity index is 1370. The lowest BCUT2D eigenvalue weighted by Gasteiger charge is -2.19. The van der Waals surface area contributed by atoms with Crippen LogP contribution in [0, 0.1) is 0 Å². The molecule has 5 rings (SSSR count). The summed E-state index contributed by atoms with van der Waals surface area (Å²) in [7, 11) is 0. The van der Waals surface area contributed by atoms with Crippen molar-refractivity contribution in [2.24, 2.45) is 0 Å². The maximum Gasteiger partial charge on any atom is 0.119 e. The van der Waals surface area contributed by atoms with Gasteiger partial charge in [-0.3, -0.25) is 0 Å². The third-order valence-electron chi connectivity index (χ3n) is 5.27. The van der Waals surface area contributed by atoms with E-state index in [2.05, 4.69) is 60.0 Å². The molecular weight excluding hydrogens is 516 g/mol. The molecule has 0 aliphatic heterocycles. The SMILES string of the molecule is Oc1ccc(Cl)cc1C(c1c[nH]c2cc(Br)ccc12)c1c[nH]c2ccc(Br)cc12. The van der Waals surface area contributed by atoms with Gasteiger partial charge in [0, 0.05) is 59.6 Å². The third kappa shape index (κ3) is 3.27. The molecule has 0 bridgehead atoms. The molecule has 3 nitrogen and oxygen atoms in total. The molecule has 0 spiro atoms. The van der Waals surface area contributed by atoms with E-state index in [1.165, 1.54) is 0 Å². The first kappa shape index (κ1) is 18.8. The van der Waals surface area contributed by atoms with E-state index in [0.29, 0.717) is 5.02 Å². The number of H-pyrrole nitrogens is 2. The summed E-state index contributed by atoms with van der Waals surface area (Å²) in [5.74, 6) is 0.0156. The van der Waals surface area contributed by atoms with Gasteiger partial charge in [0.25, 0.3) is 0 Å². The van der Waals surface area contributed by atoms with Crippen LogP contribution in [0.3, 0.4) is 0 Å². The summed E-state index contributed by atoms with van der Waals surface area (Å²) in [5.41, 5.74) is 4.98. The Hall–Kier alpha value is -2.21. The predicted octanol–water partition coefficient (Wildman–Crippen LogP) is 7.71. The van der Waals surface area contributed by atoms with Crippen LogP contribution in [-0.2, 0) is 0 Å². The molecular formula is C23H15Br2ClN2O. The maximum atomic E-state index is 10.8. The van der Waals surface area contributed by atoms with E-state index in [9.17, 15) is 5.11 Å². The van der Waals surface area contributed by atoms with Gasteiger partial charge < -0.3 is 15.1 Å². The van der Waals surface area contributed by atoms with E-state index in [0.717, 1.165) is 47.4 Å². The van der Waals surface area contributed by atoms with Gasteiger partial charge in [0.15, 0.2) is 0 Å². The van der Waals surface area contributed by atoms with Crippen LogP contribution in [0.5, 0.6) is 5.75 Å². The molecule has 144 valence electrons. The number of phenolic OH excluding ortho intramolecular Hbond substituents is 1. The molecule has 29 heavy (non-hydrogen) atoms. The predicted molar refractivity (Wildman–Crippen MR) is 126 cm³/mol. The highest BCUT2D eigenvalue weighted by Gasteiger charge is 2.26. The number of hydrogen-bond acceptors (Lipinski definition) is 1. The number of phenols is 1. The van der Waals surface area contributed by atoms with Crippen LogP contribution in [-0.4, -0.2) is 15.1 Å². The van der Waals surface area contributed by atoms with Gasteiger partial charge in [-0.2, -0.15) is 0 Å². The second kappa shape index (κ2) is 7.24. The first-order chi connectivity index (χ1) is 14.0. The van der Waals surface area contributed by atoms with Crippen LogP contribution >= 0.6 is 43.5 Å². The van der Waals surface area contributed by atoms with E-state index in [-0.39, 0.29) is 11.7 Å². The first-order valence-corrected chi connectivity index (χ1v) is 11.0. The van der Waals surface area contributed by atoms with Crippen molar-refractivity contribution in [2.45, 2.75) is 5.92 Å². The largest absolute Gasteiger partial charge is 0.508 e. The van der Waals surface area contributed by atoms with Crippen LogP contribution in [0.2, 0.25) is 5.02 Å². The number of aromatic amines is 2. The van der Waals surface area contributed by atoms with Crippen molar-refractivity contribution in [1.29, 1.82) is 0 Å². The number of benzene rings is 3. The van der Waals surface area contributed by atoms with Crippen LogP contribution in [0.25, 0.3) is 21.8 Å². The summed E-state index contributed by atoms with van der Waals surface area (Å²) < 4.78 is 2.01. The van der Waals surface area contributed by atoms with Gasteiger partial charge >= 0.3 is 0 Å². The van der Waals surface area contributed by atoms with Crippen molar-refractivity contribution in [3.05, 3.63) is 97.6 Å². The Morgan fingerprint density at radius 2 is 1.41 bits per heavy atom. The number of hydrogen-bond donors (Lipinski definition) is 3. The molecule has 0 fully saturated rings. The van der Waals surface area contributed by atoms with Crippen molar-refractivity contribution in [3.8, 4) is 5.75 Å². The van der Waals surface area contributed by atoms with Crippen LogP contribution in [0.4, 0.5) is 0 Å². The smallest absolute Gasteiger partial charge is 0.119 e. The van der Waals surface area contributed by atoms with Crippen molar-refractivity contribution < 1.29 is 5.11 Å². The molecule has 0 radical (unpaired) electrons. The minimum atomic E-state index is -0.202. The van der Waals surface area contributed by atoms with Gasteiger partial charge in [0.2, 0.25) is 0 Å². The lowest BCUT2D eigenvalue weighted by atomic mass is 9.84. The maximum absolute atomic E-state index is 10.8. The minimum absolute atomic E-state index is 0.202. The number of nitrogens with one attached hydrogen (secondary N) is 2. The Kier molecular flexibility index (Phi) is 4.69. The number of rotatable bonds is 3. The topological polar surface area (TPSA) is 51.8 Å². The Morgan fingerprint density at radius 3 is 2.24 bits per heavy atom. The Balaban J connectivity index is 1.84. The summed E-state index contributed by atoms with van der Waals surface area (Å²) in [5, 5.41) is 13.5. The van der Waals surface area contributed by atoms with E-state index < -0.39 is 0 Å². The average molecular weight is 531 g/mol. The summed E-state index contributed by atoms with van der Waals surface area (Å²) in [6, 6.07) is 17.5. The summed E-state index contributed by atoms with van der Waals surface area (Å²) in [6.45, 7) is 0. The van der Waals surface area contributed by atoms with E-state index >= 15 is 0 Å². The molecule has 1 unspecified atom stereocenters. The number of fused-ring (bicyclic) bond motifs is 2. The summed E-state index contributed by atoms with van der Waals surface area (Å²) >= 11 is 13.4. The molecule has 3 N–H and O–H groups in total. The van der Waals surface area contributed by atoms with E-state index in [4.69, 9.17) is 11.6 Å². The molecule has 1 atom stereocenters. The van der Waals surface area contributed by atoms with Gasteiger partial charge in [0.1, 0.15) is 5.75 Å². The second-order valence-corrected chi connectivity index (χ2v) is 9.27. The molecule has 6 heteroatoms. The second-order valence-electron chi connectivity index (χ2n) is 7.00. The lowest BCUT2D eigenvalue weighted by molar-refractivity contribution is 0.467. The van der Waals surface area contributed by atoms with Crippen molar-refractivity contribution in [3.63, 3.8) is 0 Å². The van der Waals surface area contributed by atoms with Gasteiger partial charge in [-0.25, -0.2) is 0 Å². The number of halogens is 3. The van der Waals surface area contributed by atoms with Crippen LogP contribution < -0.4 is 0 Å². The zero-order valence-corrected chi connectivity index (χ0v) is 18.9. The fraction of sp³-hybridized carbons (Fsp3) is 0.0435. The minimum Gasteiger partial charge on any atom is -0.508 e. The van der Waals surface area contributed by atoms with Gasteiger partial charge in [-0.1, -0.05) is 49.5 Å². The Morgan fingerprint density at radius 1 is 0.724 bits per heavy atom. The molecule has 0 aliphatic rings. The summed E-state index contributed by atoms with van der Waals surface area (Å²) in [4.78, 5) is 6.74. The molecule has 5 aromatic rings. The fourth-order valence-corrected chi connectivity index (χ4v) is 4.87. The van der Waals surface area contributed by atoms with Gasteiger partial charge in [0.05, 0.1) is 0 Å². The Labute approximate surface area is 189 Å². The molecule has 3 aromatic carbocycles. The average Bonchev–Trinajstić information content (AvgIpc) is 3.29. The third-order valence-corrected chi connectivity index (χ3v) is 6.50. The molecule has 0 amide bonds. The monoisotopic (exact) mass is 528 g/mol. The molecule has 0 saturated carbocycles. The number of aromatic nitrogens is 2. The van der Waals surface area contributed by atoms with Crippen LogP contribution in [0.1, 0.15) is 22.6 Å². The summed E-state index contributed by atoms with van der Waals surface area (Å²) in [6.07, 6.45) is 4.03. The lowest BCUT2D eigenvalue weighted by Crippen LogP contribution is -2.03. The standard InChI is InChI=1S/C23H15Br2ClN2O/c24-12-2-5-20-16(7-12)19(11-27-20)23(17-9-14(26)3-6-22(17)29)18-10-28-21-8-13(25)1-4-15(18)21/h1-11,23,27-29H. The highest BCUT2D eigenvalue weighted by atomic mass is 79.9.